The molecular weight excluding hydrogens is 370 g/mol. The second-order valence-electron chi connectivity index (χ2n) is 5.84. The Hall–Kier alpha value is -0.957. The van der Waals surface area contributed by atoms with Crippen LogP contribution in [0.1, 0.15) is 90.9 Å². The maximum atomic E-state index is 10.1. The molecule has 0 aromatic carbocycles. The summed E-state index contributed by atoms with van der Waals surface area (Å²) in [5, 5.41) is 16.6. The zero-order chi connectivity index (χ0) is 18.5. The number of rotatable bonds is 14. The van der Waals surface area contributed by atoms with Crippen LogP contribution >= 0.6 is 0 Å². The summed E-state index contributed by atoms with van der Waals surface area (Å²) in [7, 11) is 0. The number of carboxylic acids is 2. The molecule has 5 heteroatoms. The van der Waals surface area contributed by atoms with E-state index >= 15 is 0 Å². The van der Waals surface area contributed by atoms with Gasteiger partial charge in [-0.3, -0.25) is 9.59 Å². The van der Waals surface area contributed by atoms with Gasteiger partial charge >= 0.3 is 11.9 Å². The molecule has 0 saturated heterocycles. The number of aliphatic carboxylic acids is 2. The average Bonchev–Trinajstić information content (AvgIpc) is 2.53. The molecule has 0 saturated carbocycles. The molecule has 0 fully saturated rings. The van der Waals surface area contributed by atoms with E-state index in [1.807, 2.05) is 12.2 Å². The first-order valence-electron chi connectivity index (χ1n) is 9.28. The molecule has 0 rings (SSSR count). The molecule has 0 unspecified atom stereocenters. The van der Waals surface area contributed by atoms with Crippen LogP contribution in [-0.4, -0.2) is 22.2 Å². The van der Waals surface area contributed by atoms with Gasteiger partial charge in [0.05, 0.1) is 12.8 Å². The number of carbonyl (C=O) groups is 2. The van der Waals surface area contributed by atoms with E-state index < -0.39 is 11.9 Å². The quantitative estimate of drug-likeness (QED) is 0.212. The molecule has 0 aromatic rings. The van der Waals surface area contributed by atoms with Crippen LogP contribution in [0.3, 0.4) is 0 Å². The Balaban J connectivity index is -0.000000372. The molecule has 4 nitrogen and oxygen atoms in total. The van der Waals surface area contributed by atoms with Crippen molar-refractivity contribution in [3.05, 3.63) is 24.3 Å². The van der Waals surface area contributed by atoms with Crippen molar-refractivity contribution in [3.8, 4) is 0 Å². The molecule has 0 spiro atoms. The summed E-state index contributed by atoms with van der Waals surface area (Å²) in [4.78, 5) is 20.2. The summed E-state index contributed by atoms with van der Waals surface area (Å²) in [5.74, 6) is -1.50. The third kappa shape index (κ3) is 35.1. The largest absolute Gasteiger partial charge is 0.481 e. The maximum absolute atomic E-state index is 10.1. The Kier molecular flexibility index (Phi) is 29.2. The van der Waals surface area contributed by atoms with Gasteiger partial charge in [0.15, 0.2) is 0 Å². The number of carboxylic acid groups (broad SMARTS) is 2. The molecule has 0 heterocycles. The second-order valence-corrected chi connectivity index (χ2v) is 5.84. The van der Waals surface area contributed by atoms with Gasteiger partial charge in [-0.2, -0.15) is 0 Å². The van der Waals surface area contributed by atoms with Gasteiger partial charge in [-0.25, -0.2) is 0 Å². The molecule has 25 heavy (non-hydrogen) atoms. The van der Waals surface area contributed by atoms with E-state index in [4.69, 9.17) is 10.2 Å². The smallest absolute Gasteiger partial charge is 0.307 e. The number of allylic oxidation sites excluding steroid dienone is 2. The van der Waals surface area contributed by atoms with Crippen LogP contribution in [0.25, 0.3) is 0 Å². The van der Waals surface area contributed by atoms with Crippen LogP contribution in [-0.2, 0) is 29.1 Å². The average molecular weight is 406 g/mol. The van der Waals surface area contributed by atoms with E-state index in [-0.39, 0.29) is 32.3 Å². The minimum absolute atomic E-state index is 0. The number of unbranched alkanes of at least 4 members (excludes halogenated alkanes) is 8. The third-order valence-electron chi connectivity index (χ3n) is 3.37. The zero-order valence-corrected chi connectivity index (χ0v) is 19.2. The van der Waals surface area contributed by atoms with Crippen molar-refractivity contribution in [3.63, 3.8) is 0 Å². The van der Waals surface area contributed by atoms with Crippen LogP contribution in [0.4, 0.5) is 0 Å². The van der Waals surface area contributed by atoms with Gasteiger partial charge in [-0.1, -0.05) is 76.7 Å². The first kappa shape index (κ1) is 28.8. The molecule has 2 N–H and O–H groups in total. The van der Waals surface area contributed by atoms with Gasteiger partial charge in [-0.05, 0) is 25.7 Å². The SMILES string of the molecule is CCCCCCC=CCC(=O)O.CCCCCCC=CCC(=O)O.[Zn]. The summed E-state index contributed by atoms with van der Waals surface area (Å²) in [6.45, 7) is 4.36. The summed E-state index contributed by atoms with van der Waals surface area (Å²) < 4.78 is 0. The number of hydrogen-bond acceptors (Lipinski definition) is 2. The van der Waals surface area contributed by atoms with Crippen LogP contribution in [0, 0.1) is 0 Å². The van der Waals surface area contributed by atoms with Crippen LogP contribution < -0.4 is 0 Å². The van der Waals surface area contributed by atoms with Gasteiger partial charge in [0, 0.05) is 19.5 Å². The van der Waals surface area contributed by atoms with Gasteiger partial charge in [0.1, 0.15) is 0 Å². The Labute approximate surface area is 166 Å². The van der Waals surface area contributed by atoms with Crippen LogP contribution in [0.5, 0.6) is 0 Å². The number of hydrogen-bond donors (Lipinski definition) is 2. The van der Waals surface area contributed by atoms with E-state index in [1.54, 1.807) is 12.2 Å². The topological polar surface area (TPSA) is 74.6 Å². The predicted molar refractivity (Wildman–Crippen MR) is 100 cm³/mol. The normalized spacial score (nSPS) is 10.3. The van der Waals surface area contributed by atoms with E-state index in [0.717, 1.165) is 12.8 Å². The van der Waals surface area contributed by atoms with Crippen LogP contribution in [0.15, 0.2) is 24.3 Å². The van der Waals surface area contributed by atoms with E-state index in [2.05, 4.69) is 13.8 Å². The Morgan fingerprint density at radius 1 is 0.640 bits per heavy atom. The predicted octanol–water partition coefficient (Wildman–Crippen LogP) is 5.97. The summed E-state index contributed by atoms with van der Waals surface area (Å²) >= 11 is 0. The Morgan fingerprint density at radius 2 is 1.00 bits per heavy atom. The summed E-state index contributed by atoms with van der Waals surface area (Å²) in [5.41, 5.74) is 0. The van der Waals surface area contributed by atoms with Crippen molar-refractivity contribution in [2.75, 3.05) is 0 Å². The minimum atomic E-state index is -0.750. The van der Waals surface area contributed by atoms with Gasteiger partial charge in [-0.15, -0.1) is 0 Å². The Bertz CT molecular complexity index is 318. The molecule has 0 aliphatic carbocycles. The van der Waals surface area contributed by atoms with Crippen molar-refractivity contribution in [2.45, 2.75) is 90.9 Å². The van der Waals surface area contributed by atoms with Crippen molar-refractivity contribution in [1.82, 2.24) is 0 Å². The molecule has 0 amide bonds. The fraction of sp³-hybridized carbons (Fsp3) is 0.700. The molecule has 0 aliphatic rings. The third-order valence-corrected chi connectivity index (χ3v) is 3.37. The monoisotopic (exact) mass is 404 g/mol. The van der Waals surface area contributed by atoms with Gasteiger partial charge in [0.2, 0.25) is 0 Å². The van der Waals surface area contributed by atoms with Crippen molar-refractivity contribution in [2.24, 2.45) is 0 Å². The fourth-order valence-electron chi connectivity index (χ4n) is 1.98. The maximum Gasteiger partial charge on any atom is 0.307 e. The molecule has 0 radical (unpaired) electrons. The fourth-order valence-corrected chi connectivity index (χ4v) is 1.98. The molecule has 142 valence electrons. The molecular formula is C20H36O4Zn. The second kappa shape index (κ2) is 25.3. The van der Waals surface area contributed by atoms with E-state index in [0.29, 0.717) is 0 Å². The molecule has 0 bridgehead atoms. The summed E-state index contributed by atoms with van der Waals surface area (Å²) in [6.07, 6.45) is 19.7. The first-order chi connectivity index (χ1) is 11.5. The van der Waals surface area contributed by atoms with Crippen LogP contribution in [0.2, 0.25) is 0 Å². The van der Waals surface area contributed by atoms with Gasteiger partial charge < -0.3 is 10.2 Å². The van der Waals surface area contributed by atoms with E-state index in [1.165, 1.54) is 51.4 Å². The van der Waals surface area contributed by atoms with E-state index in [9.17, 15) is 9.59 Å². The zero-order valence-electron chi connectivity index (χ0n) is 16.2. The summed E-state index contributed by atoms with van der Waals surface area (Å²) in [6, 6.07) is 0. The molecule has 0 aromatic heterocycles. The van der Waals surface area contributed by atoms with Crippen molar-refractivity contribution < 1.29 is 39.3 Å². The molecule has 0 aliphatic heterocycles. The first-order valence-corrected chi connectivity index (χ1v) is 9.28. The van der Waals surface area contributed by atoms with Gasteiger partial charge in [0.25, 0.3) is 0 Å². The molecule has 0 atom stereocenters. The van der Waals surface area contributed by atoms with Crippen molar-refractivity contribution >= 4 is 11.9 Å². The Morgan fingerprint density at radius 3 is 1.28 bits per heavy atom. The van der Waals surface area contributed by atoms with Crippen molar-refractivity contribution in [1.29, 1.82) is 0 Å². The standard InChI is InChI=1S/2C10H18O2.Zn/c2*1-2-3-4-5-6-7-8-9-10(11)12;/h2*7-8H,2-6,9H2,1H3,(H,11,12);. The minimum Gasteiger partial charge on any atom is -0.481 e.